The van der Waals surface area contributed by atoms with Crippen LogP contribution in [0.4, 0.5) is 0 Å². The highest BCUT2D eigenvalue weighted by Gasteiger charge is 2.25. The Hall–Kier alpha value is -1.09. The Bertz CT molecular complexity index is 359. The zero-order valence-corrected chi connectivity index (χ0v) is 11.3. The van der Waals surface area contributed by atoms with E-state index in [-0.39, 0.29) is 17.4 Å². The molecule has 0 fully saturated rings. The third kappa shape index (κ3) is 4.35. The van der Waals surface area contributed by atoms with Crippen molar-refractivity contribution >= 4 is 17.5 Å². The number of nitrogens with one attached hydrogen (secondary N) is 1. The van der Waals surface area contributed by atoms with E-state index >= 15 is 0 Å². The molecule has 0 aliphatic heterocycles. The first-order chi connectivity index (χ1) is 7.95. The van der Waals surface area contributed by atoms with E-state index in [2.05, 4.69) is 31.1 Å². The quantitative estimate of drug-likeness (QED) is 0.840. The lowest BCUT2D eigenvalue weighted by Gasteiger charge is -2.31. The maximum absolute atomic E-state index is 12.0. The third-order valence-electron chi connectivity index (χ3n) is 2.67. The van der Waals surface area contributed by atoms with Crippen LogP contribution in [0.5, 0.6) is 0 Å². The summed E-state index contributed by atoms with van der Waals surface area (Å²) in [5, 5.41) is 3.01. The summed E-state index contributed by atoms with van der Waals surface area (Å²) >= 11 is 5.77. The van der Waals surface area contributed by atoms with Gasteiger partial charge >= 0.3 is 0 Å². The zero-order valence-electron chi connectivity index (χ0n) is 10.5. The van der Waals surface area contributed by atoms with E-state index in [0.29, 0.717) is 11.4 Å². The van der Waals surface area contributed by atoms with E-state index in [9.17, 15) is 4.79 Å². The molecule has 94 valence electrons. The number of pyridine rings is 1. The van der Waals surface area contributed by atoms with Gasteiger partial charge in [-0.05, 0) is 24.0 Å². The van der Waals surface area contributed by atoms with Gasteiger partial charge in [0.05, 0.1) is 5.56 Å². The van der Waals surface area contributed by atoms with Crippen LogP contribution in [0.3, 0.4) is 0 Å². The number of amides is 1. The molecule has 1 amide bonds. The molecule has 0 aromatic carbocycles. The van der Waals surface area contributed by atoms with Crippen molar-refractivity contribution in [1.29, 1.82) is 0 Å². The lowest BCUT2D eigenvalue weighted by atomic mass is 9.85. The molecule has 0 aliphatic rings. The maximum Gasteiger partial charge on any atom is 0.253 e. The van der Waals surface area contributed by atoms with E-state index in [1.807, 2.05) is 0 Å². The molecular formula is C13H19ClN2O. The summed E-state index contributed by atoms with van der Waals surface area (Å²) in [4.78, 5) is 15.9. The van der Waals surface area contributed by atoms with Gasteiger partial charge in [-0.15, -0.1) is 11.6 Å². The Labute approximate surface area is 108 Å². The Morgan fingerprint density at radius 2 is 2.24 bits per heavy atom. The molecule has 17 heavy (non-hydrogen) atoms. The number of aromatic nitrogens is 1. The summed E-state index contributed by atoms with van der Waals surface area (Å²) in [6.07, 6.45) is 3.98. The van der Waals surface area contributed by atoms with Gasteiger partial charge in [0.2, 0.25) is 0 Å². The molecule has 1 heterocycles. The number of hydrogen-bond donors (Lipinski definition) is 1. The van der Waals surface area contributed by atoms with E-state index in [1.54, 1.807) is 24.5 Å². The number of rotatable bonds is 4. The average Bonchev–Trinajstić information content (AvgIpc) is 2.28. The van der Waals surface area contributed by atoms with Crippen molar-refractivity contribution in [2.24, 2.45) is 5.41 Å². The second-order valence-corrected chi connectivity index (χ2v) is 5.49. The molecule has 1 unspecified atom stereocenters. The Kier molecular flexibility index (Phi) is 4.94. The fourth-order valence-corrected chi connectivity index (χ4v) is 1.79. The van der Waals surface area contributed by atoms with Gasteiger partial charge in [-0.3, -0.25) is 9.78 Å². The van der Waals surface area contributed by atoms with Crippen LogP contribution in [0.15, 0.2) is 24.5 Å². The average molecular weight is 255 g/mol. The highest BCUT2D eigenvalue weighted by molar-refractivity contribution is 6.17. The zero-order chi connectivity index (χ0) is 12.9. The van der Waals surface area contributed by atoms with Crippen molar-refractivity contribution in [3.05, 3.63) is 30.1 Å². The SMILES string of the molecule is CC(C)(C)C(CCCl)NC(=O)c1cccnc1. The molecule has 1 aromatic rings. The smallest absolute Gasteiger partial charge is 0.253 e. The fourth-order valence-electron chi connectivity index (χ4n) is 1.57. The number of hydrogen-bond acceptors (Lipinski definition) is 2. The molecule has 0 saturated carbocycles. The molecule has 0 saturated heterocycles. The number of carbonyl (C=O) groups excluding carboxylic acids is 1. The molecule has 3 nitrogen and oxygen atoms in total. The predicted molar refractivity (Wildman–Crippen MR) is 70.3 cm³/mol. The topological polar surface area (TPSA) is 42.0 Å². The van der Waals surface area contributed by atoms with Crippen LogP contribution >= 0.6 is 11.6 Å². The second kappa shape index (κ2) is 6.01. The van der Waals surface area contributed by atoms with Crippen LogP contribution < -0.4 is 5.32 Å². The van der Waals surface area contributed by atoms with Crippen molar-refractivity contribution in [2.75, 3.05) is 5.88 Å². The van der Waals surface area contributed by atoms with E-state index < -0.39 is 0 Å². The van der Waals surface area contributed by atoms with Crippen LogP contribution in [0.2, 0.25) is 0 Å². The number of halogens is 1. The third-order valence-corrected chi connectivity index (χ3v) is 2.89. The van der Waals surface area contributed by atoms with Gasteiger partial charge < -0.3 is 5.32 Å². The van der Waals surface area contributed by atoms with E-state index in [4.69, 9.17) is 11.6 Å². The van der Waals surface area contributed by atoms with Crippen LogP contribution in [-0.4, -0.2) is 22.8 Å². The van der Waals surface area contributed by atoms with Crippen molar-refractivity contribution in [3.8, 4) is 0 Å². The Morgan fingerprint density at radius 1 is 1.53 bits per heavy atom. The van der Waals surface area contributed by atoms with Gasteiger partial charge in [-0.25, -0.2) is 0 Å². The standard InChI is InChI=1S/C13H19ClN2O/c1-13(2,3)11(6-7-14)16-12(17)10-5-4-8-15-9-10/h4-5,8-9,11H,6-7H2,1-3H3,(H,16,17). The van der Waals surface area contributed by atoms with Crippen molar-refractivity contribution in [2.45, 2.75) is 33.2 Å². The molecular weight excluding hydrogens is 236 g/mol. The van der Waals surface area contributed by atoms with Crippen LogP contribution in [0.1, 0.15) is 37.6 Å². The molecule has 4 heteroatoms. The lowest BCUT2D eigenvalue weighted by molar-refractivity contribution is 0.0900. The summed E-state index contributed by atoms with van der Waals surface area (Å²) in [5.41, 5.74) is 0.573. The summed E-state index contributed by atoms with van der Waals surface area (Å²) in [6, 6.07) is 3.57. The van der Waals surface area contributed by atoms with Gasteiger partial charge in [-0.2, -0.15) is 0 Å². The molecule has 1 rings (SSSR count). The molecule has 1 N–H and O–H groups in total. The van der Waals surface area contributed by atoms with E-state index in [0.717, 1.165) is 6.42 Å². The van der Waals surface area contributed by atoms with Gasteiger partial charge in [0.25, 0.3) is 5.91 Å². The number of alkyl halides is 1. The number of carbonyl (C=O) groups is 1. The summed E-state index contributed by atoms with van der Waals surface area (Å²) < 4.78 is 0. The molecule has 1 atom stereocenters. The predicted octanol–water partition coefficient (Wildman–Crippen LogP) is 2.86. The Morgan fingerprint density at radius 3 is 2.71 bits per heavy atom. The largest absolute Gasteiger partial charge is 0.349 e. The number of nitrogens with zero attached hydrogens (tertiary/aromatic N) is 1. The molecule has 0 spiro atoms. The summed E-state index contributed by atoms with van der Waals surface area (Å²) in [5.74, 6) is 0.443. The monoisotopic (exact) mass is 254 g/mol. The van der Waals surface area contributed by atoms with Crippen LogP contribution in [0.25, 0.3) is 0 Å². The normalized spacial score (nSPS) is 13.2. The van der Waals surface area contributed by atoms with Gasteiger partial charge in [0.15, 0.2) is 0 Å². The van der Waals surface area contributed by atoms with Crippen molar-refractivity contribution in [1.82, 2.24) is 10.3 Å². The first-order valence-electron chi connectivity index (χ1n) is 5.72. The van der Waals surface area contributed by atoms with Gasteiger partial charge in [-0.1, -0.05) is 20.8 Å². The molecule has 0 aliphatic carbocycles. The lowest BCUT2D eigenvalue weighted by Crippen LogP contribution is -2.44. The molecule has 1 aromatic heterocycles. The highest BCUT2D eigenvalue weighted by atomic mass is 35.5. The molecule has 0 bridgehead atoms. The van der Waals surface area contributed by atoms with Crippen molar-refractivity contribution in [3.63, 3.8) is 0 Å². The second-order valence-electron chi connectivity index (χ2n) is 5.11. The summed E-state index contributed by atoms with van der Waals surface area (Å²) in [6.45, 7) is 6.27. The minimum absolute atomic E-state index is 0.00718. The minimum atomic E-state index is -0.0943. The Balaban J connectivity index is 2.71. The van der Waals surface area contributed by atoms with Gasteiger partial charge in [0.1, 0.15) is 0 Å². The first-order valence-corrected chi connectivity index (χ1v) is 6.25. The summed E-state index contributed by atoms with van der Waals surface area (Å²) in [7, 11) is 0. The van der Waals surface area contributed by atoms with Crippen LogP contribution in [-0.2, 0) is 0 Å². The fraction of sp³-hybridized carbons (Fsp3) is 0.538. The molecule has 0 radical (unpaired) electrons. The van der Waals surface area contributed by atoms with E-state index in [1.165, 1.54) is 0 Å². The maximum atomic E-state index is 12.0. The van der Waals surface area contributed by atoms with Crippen molar-refractivity contribution < 1.29 is 4.79 Å². The van der Waals surface area contributed by atoms with Crippen LogP contribution in [0, 0.1) is 5.41 Å². The minimum Gasteiger partial charge on any atom is -0.349 e. The first kappa shape index (κ1) is 14.0. The van der Waals surface area contributed by atoms with Gasteiger partial charge in [0, 0.05) is 24.3 Å². The highest BCUT2D eigenvalue weighted by Crippen LogP contribution is 2.22.